The number of fused-ring (bicyclic) bond motifs is 1. The summed E-state index contributed by atoms with van der Waals surface area (Å²) in [5, 5.41) is 11.5. The van der Waals surface area contributed by atoms with Gasteiger partial charge in [-0.3, -0.25) is 9.55 Å². The first-order valence-corrected chi connectivity index (χ1v) is 18.1. The summed E-state index contributed by atoms with van der Waals surface area (Å²) in [4.78, 5) is 10.3. The Kier molecular flexibility index (Phi) is 8.44. The van der Waals surface area contributed by atoms with E-state index >= 15 is 0 Å². The molecule has 2 heterocycles. The van der Waals surface area contributed by atoms with E-state index in [1.54, 1.807) is 0 Å². The second-order valence-corrected chi connectivity index (χ2v) is 14.4. The van der Waals surface area contributed by atoms with E-state index in [-0.39, 0.29) is 5.75 Å². The number of hydrogen-bond acceptors (Lipinski definition) is 3. The van der Waals surface area contributed by atoms with E-state index in [0.717, 1.165) is 83.6 Å². The van der Waals surface area contributed by atoms with Crippen molar-refractivity contribution < 1.29 is 6.48 Å². The third-order valence-electron chi connectivity index (χ3n) is 10.2. The Balaban J connectivity index is 1.38. The van der Waals surface area contributed by atoms with Crippen molar-refractivity contribution >= 4 is 11.0 Å². The highest BCUT2D eigenvalue weighted by molar-refractivity contribution is 5.98. The Morgan fingerprint density at radius 2 is 1.32 bits per heavy atom. The number of rotatable bonds is 7. The highest BCUT2D eigenvalue weighted by atomic mass is 16.3. The summed E-state index contributed by atoms with van der Waals surface area (Å²) in [5.74, 6) is 0.140. The summed E-state index contributed by atoms with van der Waals surface area (Å²) in [5.41, 5.74) is 16.8. The molecule has 4 heteroatoms. The molecule has 0 aliphatic carbocycles. The van der Waals surface area contributed by atoms with Gasteiger partial charge in [0.05, 0.1) is 28.0 Å². The van der Waals surface area contributed by atoms with Crippen molar-refractivity contribution in [2.24, 2.45) is 0 Å². The van der Waals surface area contributed by atoms with Gasteiger partial charge < -0.3 is 5.11 Å². The Bertz CT molecular complexity index is 2690. The topological polar surface area (TPSA) is 50.9 Å². The number of imidazole rings is 1. The van der Waals surface area contributed by atoms with Crippen LogP contribution in [0.5, 0.6) is 5.75 Å². The SMILES string of the molecule is [2H]C(C)(C)c1ccc(-n2c(-c3cc(C)cc(C)c3O)nc3c(-c4cc(-c5ccccc5)cc(-c5cc(-c6ccc(C)cc6)ccn5)c4)cccc32)c(C)c1. The molecule has 0 fully saturated rings. The van der Waals surface area contributed by atoms with E-state index in [4.69, 9.17) is 11.3 Å². The molecule has 0 unspecified atom stereocenters. The molecule has 0 bridgehead atoms. The summed E-state index contributed by atoms with van der Waals surface area (Å²) < 4.78 is 10.9. The average molecular weight is 691 g/mol. The standard InChI is InChI=1S/C49H43N3O/c1-30(2)37-19-20-45(33(5)25-37)52-46-14-10-13-42(47(46)51-49(52)43-24-32(4)23-34(6)48(43)53)40-26-39(35-11-8-7-9-12-35)27-41(28-40)44-29-38(21-22-50-44)36-17-15-31(3)16-18-36/h7-30,53H,1-6H3/i30D. The molecule has 0 amide bonds. The van der Waals surface area contributed by atoms with Crippen molar-refractivity contribution in [1.29, 1.82) is 0 Å². The largest absolute Gasteiger partial charge is 0.507 e. The number of hydrogen-bond donors (Lipinski definition) is 1. The Morgan fingerprint density at radius 1 is 0.585 bits per heavy atom. The van der Waals surface area contributed by atoms with Crippen molar-refractivity contribution in [2.75, 3.05) is 0 Å². The molecule has 53 heavy (non-hydrogen) atoms. The number of pyridine rings is 1. The predicted molar refractivity (Wildman–Crippen MR) is 221 cm³/mol. The van der Waals surface area contributed by atoms with Crippen LogP contribution in [0.1, 0.15) is 48.9 Å². The minimum atomic E-state index is -0.738. The molecule has 2 aromatic heterocycles. The molecular weight excluding hydrogens is 647 g/mol. The number of nitrogens with zero attached hydrogens (tertiary/aromatic N) is 3. The molecule has 0 aliphatic rings. The monoisotopic (exact) mass is 690 g/mol. The minimum Gasteiger partial charge on any atom is -0.507 e. The fourth-order valence-electron chi connectivity index (χ4n) is 7.35. The van der Waals surface area contributed by atoms with Crippen LogP contribution in [0.4, 0.5) is 0 Å². The van der Waals surface area contributed by atoms with E-state index < -0.39 is 5.89 Å². The van der Waals surface area contributed by atoms with Gasteiger partial charge in [-0.1, -0.05) is 104 Å². The number of phenolic OH excluding ortho intramolecular Hbond substituents is 1. The summed E-state index contributed by atoms with van der Waals surface area (Å²) in [7, 11) is 0. The Labute approximate surface area is 313 Å². The van der Waals surface area contributed by atoms with Crippen molar-refractivity contribution in [1.82, 2.24) is 14.5 Å². The highest BCUT2D eigenvalue weighted by Gasteiger charge is 2.22. The van der Waals surface area contributed by atoms with Gasteiger partial charge in [-0.2, -0.15) is 0 Å². The van der Waals surface area contributed by atoms with Gasteiger partial charge >= 0.3 is 0 Å². The molecule has 4 nitrogen and oxygen atoms in total. The van der Waals surface area contributed by atoms with Crippen molar-refractivity contribution in [2.45, 2.75) is 47.4 Å². The third-order valence-corrected chi connectivity index (χ3v) is 10.2. The Hall–Kier alpha value is -6.26. The molecule has 0 radical (unpaired) electrons. The fraction of sp³-hybridized carbons (Fsp3) is 0.143. The maximum Gasteiger partial charge on any atom is 0.149 e. The van der Waals surface area contributed by atoms with Crippen LogP contribution in [0.25, 0.3) is 72.7 Å². The van der Waals surface area contributed by atoms with Crippen molar-refractivity contribution in [3.05, 3.63) is 167 Å². The zero-order valence-electron chi connectivity index (χ0n) is 32.1. The van der Waals surface area contributed by atoms with Crippen molar-refractivity contribution in [3.8, 4) is 67.5 Å². The van der Waals surface area contributed by atoms with Crippen LogP contribution in [0, 0.1) is 27.7 Å². The first-order valence-electron chi connectivity index (χ1n) is 18.6. The van der Waals surface area contributed by atoms with Gasteiger partial charge in [-0.25, -0.2) is 4.98 Å². The van der Waals surface area contributed by atoms with Gasteiger partial charge in [0.1, 0.15) is 11.6 Å². The molecule has 6 aromatic carbocycles. The summed E-state index contributed by atoms with van der Waals surface area (Å²) in [6.45, 7) is 12.0. The van der Waals surface area contributed by atoms with E-state index in [2.05, 4.69) is 128 Å². The first kappa shape index (κ1) is 32.6. The van der Waals surface area contributed by atoms with Crippen LogP contribution >= 0.6 is 0 Å². The zero-order chi connectivity index (χ0) is 37.7. The van der Waals surface area contributed by atoms with Gasteiger partial charge in [0.25, 0.3) is 0 Å². The molecule has 0 saturated heterocycles. The maximum absolute atomic E-state index is 11.5. The molecule has 8 rings (SSSR count). The molecule has 8 aromatic rings. The molecule has 1 N–H and O–H groups in total. The van der Waals surface area contributed by atoms with E-state index in [9.17, 15) is 5.11 Å². The van der Waals surface area contributed by atoms with Crippen LogP contribution in [0.3, 0.4) is 0 Å². The highest BCUT2D eigenvalue weighted by Crippen LogP contribution is 2.41. The molecule has 0 aliphatic heterocycles. The van der Waals surface area contributed by atoms with Crippen molar-refractivity contribution in [3.63, 3.8) is 0 Å². The minimum absolute atomic E-state index is 0.216. The van der Waals surface area contributed by atoms with Crippen LogP contribution < -0.4 is 0 Å². The number of benzene rings is 6. The summed E-state index contributed by atoms with van der Waals surface area (Å²) in [6.07, 6.45) is 1.89. The van der Waals surface area contributed by atoms with E-state index in [0.29, 0.717) is 11.4 Å². The number of aromatic hydroxyl groups is 1. The third kappa shape index (κ3) is 6.42. The lowest BCUT2D eigenvalue weighted by atomic mass is 9.93. The lowest BCUT2D eigenvalue weighted by Gasteiger charge is -2.16. The summed E-state index contributed by atoms with van der Waals surface area (Å²) in [6, 6.07) is 46.5. The van der Waals surface area contributed by atoms with Gasteiger partial charge in [0.2, 0.25) is 0 Å². The van der Waals surface area contributed by atoms with Crippen LogP contribution in [0.2, 0.25) is 0 Å². The maximum atomic E-state index is 11.5. The fourth-order valence-corrected chi connectivity index (χ4v) is 7.35. The van der Waals surface area contributed by atoms with E-state index in [1.165, 1.54) is 5.56 Å². The quantitative estimate of drug-likeness (QED) is 0.181. The molecule has 0 saturated carbocycles. The molecule has 260 valence electrons. The van der Waals surface area contributed by atoms with Gasteiger partial charge in [-0.05, 0) is 132 Å². The summed E-state index contributed by atoms with van der Waals surface area (Å²) >= 11 is 0. The van der Waals surface area contributed by atoms with Crippen LogP contribution in [-0.4, -0.2) is 19.6 Å². The molecular formula is C49H43N3O. The van der Waals surface area contributed by atoms with Gasteiger partial charge in [0, 0.05) is 18.7 Å². The molecule has 0 atom stereocenters. The Morgan fingerprint density at radius 3 is 2.08 bits per heavy atom. The molecule has 0 spiro atoms. The van der Waals surface area contributed by atoms with Crippen LogP contribution in [0.15, 0.2) is 140 Å². The number of aromatic nitrogens is 3. The average Bonchev–Trinajstić information content (AvgIpc) is 3.55. The first-order chi connectivity index (χ1) is 25.9. The van der Waals surface area contributed by atoms with Gasteiger partial charge in [-0.15, -0.1) is 0 Å². The smallest absolute Gasteiger partial charge is 0.149 e. The lowest BCUT2D eigenvalue weighted by Crippen LogP contribution is -2.02. The van der Waals surface area contributed by atoms with Gasteiger partial charge in [0.15, 0.2) is 0 Å². The van der Waals surface area contributed by atoms with E-state index in [1.807, 2.05) is 58.2 Å². The predicted octanol–water partition coefficient (Wildman–Crippen LogP) is 12.8. The normalized spacial score (nSPS) is 11.9. The lowest BCUT2D eigenvalue weighted by molar-refractivity contribution is 0.472. The second-order valence-electron chi connectivity index (χ2n) is 14.4. The number of aryl methyl sites for hydroxylation is 4. The number of phenols is 1. The van der Waals surface area contributed by atoms with Crippen LogP contribution in [-0.2, 0) is 0 Å². The zero-order valence-corrected chi connectivity index (χ0v) is 31.1. The second kappa shape index (κ2) is 13.7. The number of para-hydroxylation sites is 1.